The fourth-order valence-corrected chi connectivity index (χ4v) is 5.78. The van der Waals surface area contributed by atoms with E-state index in [-0.39, 0.29) is 24.0 Å². The molecule has 3 aliphatic rings. The van der Waals surface area contributed by atoms with Crippen LogP contribution >= 0.6 is 35.3 Å². The third-order valence-corrected chi connectivity index (χ3v) is 6.85. The number of likely N-dealkylation sites (tertiary alicyclic amines) is 1. The van der Waals surface area contributed by atoms with Gasteiger partial charge in [0, 0.05) is 36.3 Å². The summed E-state index contributed by atoms with van der Waals surface area (Å²) >= 11 is 1.79. The summed E-state index contributed by atoms with van der Waals surface area (Å²) in [5, 5.41) is 4.61. The van der Waals surface area contributed by atoms with E-state index in [4.69, 9.17) is 14.7 Å². The van der Waals surface area contributed by atoms with Gasteiger partial charge in [-0.05, 0) is 32.6 Å². The molecule has 5 nitrogen and oxygen atoms in total. The van der Waals surface area contributed by atoms with E-state index in [0.29, 0.717) is 36.5 Å². The summed E-state index contributed by atoms with van der Waals surface area (Å²) in [6.07, 6.45) is 3.50. The minimum atomic E-state index is 0. The predicted octanol–water partition coefficient (Wildman–Crippen LogP) is 3.77. The van der Waals surface area contributed by atoms with Crippen molar-refractivity contribution in [2.75, 3.05) is 19.6 Å². The molecule has 4 rings (SSSR count). The molecule has 1 aromatic heterocycles. The topological polar surface area (TPSA) is 49.8 Å². The van der Waals surface area contributed by atoms with Gasteiger partial charge in [0.2, 0.25) is 0 Å². The van der Waals surface area contributed by atoms with Crippen molar-refractivity contribution in [2.45, 2.75) is 65.2 Å². The van der Waals surface area contributed by atoms with Crippen LogP contribution in [0.5, 0.6) is 0 Å². The van der Waals surface area contributed by atoms with E-state index in [1.807, 2.05) is 0 Å². The molecule has 2 bridgehead atoms. The zero-order valence-corrected chi connectivity index (χ0v) is 19.3. The van der Waals surface area contributed by atoms with Crippen molar-refractivity contribution in [1.29, 1.82) is 0 Å². The molecule has 0 spiro atoms. The minimum absolute atomic E-state index is 0. The maximum atomic E-state index is 6.10. The maximum absolute atomic E-state index is 6.10. The second kappa shape index (κ2) is 8.31. The Kier molecular flexibility index (Phi) is 6.49. The van der Waals surface area contributed by atoms with Gasteiger partial charge in [-0.25, -0.2) is 9.98 Å². The first-order valence-electron chi connectivity index (χ1n) is 9.71. The molecule has 0 radical (unpaired) electrons. The Labute approximate surface area is 178 Å². The molecule has 0 saturated carbocycles. The lowest BCUT2D eigenvalue weighted by Gasteiger charge is -2.23. The smallest absolute Gasteiger partial charge is 0.194 e. The number of nitrogens with one attached hydrogen (secondary N) is 1. The van der Waals surface area contributed by atoms with Crippen molar-refractivity contribution in [1.82, 2.24) is 15.2 Å². The van der Waals surface area contributed by atoms with Crippen LogP contribution in [0.15, 0.2) is 4.99 Å². The van der Waals surface area contributed by atoms with E-state index in [2.05, 4.69) is 37.9 Å². The number of aryl methyl sites for hydroxylation is 1. The third-order valence-electron chi connectivity index (χ3n) is 5.87. The number of aromatic nitrogens is 1. The van der Waals surface area contributed by atoms with Gasteiger partial charge in [-0.1, -0.05) is 13.8 Å². The number of fused-ring (bicyclic) bond motifs is 5. The number of hydrogen-bond donors (Lipinski definition) is 1. The molecule has 4 atom stereocenters. The third kappa shape index (κ3) is 3.76. The first kappa shape index (κ1) is 20.3. The van der Waals surface area contributed by atoms with Crippen LogP contribution in [0.25, 0.3) is 0 Å². The number of guanidine groups is 1. The average Bonchev–Trinajstić information content (AvgIpc) is 3.31. The van der Waals surface area contributed by atoms with Crippen LogP contribution in [0, 0.1) is 18.8 Å². The van der Waals surface area contributed by atoms with Gasteiger partial charge in [0.1, 0.15) is 5.01 Å². The highest BCUT2D eigenvalue weighted by molar-refractivity contribution is 14.0. The molecule has 3 aliphatic heterocycles. The van der Waals surface area contributed by atoms with Crippen LogP contribution in [0.1, 0.15) is 55.1 Å². The van der Waals surface area contributed by atoms with Gasteiger partial charge in [-0.3, -0.25) is 0 Å². The van der Waals surface area contributed by atoms with Gasteiger partial charge in [-0.2, -0.15) is 0 Å². The molecule has 4 unspecified atom stereocenters. The lowest BCUT2D eigenvalue weighted by Crippen LogP contribution is -2.41. The molecule has 3 saturated heterocycles. The number of nitrogens with zero attached hydrogens (tertiary/aromatic N) is 3. The van der Waals surface area contributed by atoms with E-state index < -0.39 is 0 Å². The van der Waals surface area contributed by atoms with Crippen LogP contribution in [0.4, 0.5) is 0 Å². The summed E-state index contributed by atoms with van der Waals surface area (Å²) in [5.41, 5.74) is 1.23. The van der Waals surface area contributed by atoms with Crippen molar-refractivity contribution < 1.29 is 4.74 Å². The van der Waals surface area contributed by atoms with Gasteiger partial charge in [-0.15, -0.1) is 35.3 Å². The molecule has 1 N–H and O–H groups in total. The fraction of sp³-hybridized carbons (Fsp3) is 0.789. The van der Waals surface area contributed by atoms with Gasteiger partial charge >= 0.3 is 0 Å². The monoisotopic (exact) mass is 490 g/mol. The largest absolute Gasteiger partial charge is 0.374 e. The van der Waals surface area contributed by atoms with Crippen LogP contribution in [0.3, 0.4) is 0 Å². The Hall–Kier alpha value is -0.410. The highest BCUT2D eigenvalue weighted by Crippen LogP contribution is 2.47. The fourth-order valence-electron chi connectivity index (χ4n) is 4.77. The number of ether oxygens (including phenoxy) is 1. The van der Waals surface area contributed by atoms with Crippen molar-refractivity contribution in [3.05, 3.63) is 15.6 Å². The van der Waals surface area contributed by atoms with Crippen molar-refractivity contribution in [2.24, 2.45) is 16.8 Å². The summed E-state index contributed by atoms with van der Waals surface area (Å²) in [5.74, 6) is 2.94. The number of halogens is 1. The number of aliphatic imine (C=N–C) groups is 1. The minimum Gasteiger partial charge on any atom is -0.374 e. The summed E-state index contributed by atoms with van der Waals surface area (Å²) in [6.45, 7) is 12.5. The highest BCUT2D eigenvalue weighted by atomic mass is 127. The summed E-state index contributed by atoms with van der Waals surface area (Å²) in [4.78, 5) is 13.5. The molecule has 3 fully saturated rings. The van der Waals surface area contributed by atoms with Crippen molar-refractivity contribution in [3.8, 4) is 0 Å². The van der Waals surface area contributed by atoms with Gasteiger partial charge in [0.05, 0.1) is 24.4 Å². The molecule has 0 aromatic carbocycles. The summed E-state index contributed by atoms with van der Waals surface area (Å²) in [6, 6.07) is 0. The number of rotatable bonds is 4. The van der Waals surface area contributed by atoms with Crippen LogP contribution < -0.4 is 5.32 Å². The van der Waals surface area contributed by atoms with Crippen molar-refractivity contribution in [3.63, 3.8) is 0 Å². The lowest BCUT2D eigenvalue weighted by atomic mass is 9.82. The standard InChI is InChI=1S/C19H30N4OS.HI/c1-5-20-19(21-8-17-22-18(11(2)3)12(4)25-17)23-9-13-14(10-23)16-7-6-15(13)24-16;/h11,13-16H,5-10H2,1-4H3,(H,20,21);1H. The van der Waals surface area contributed by atoms with Crippen LogP contribution in [-0.2, 0) is 11.3 Å². The summed E-state index contributed by atoms with van der Waals surface area (Å²) in [7, 11) is 0. The van der Waals surface area contributed by atoms with Crippen molar-refractivity contribution >= 4 is 41.3 Å². The first-order chi connectivity index (χ1) is 12.1. The molecular weight excluding hydrogens is 459 g/mol. The molecular formula is C19H31IN4OS. The molecule has 7 heteroatoms. The Morgan fingerprint density at radius 3 is 2.50 bits per heavy atom. The van der Waals surface area contributed by atoms with E-state index in [9.17, 15) is 0 Å². The molecule has 0 aliphatic carbocycles. The SMILES string of the molecule is CCNC(=NCc1nc(C(C)C)c(C)s1)N1CC2C3CCC(O3)C2C1.I. The molecule has 0 amide bonds. The second-order valence-electron chi connectivity index (χ2n) is 7.90. The van der Waals surface area contributed by atoms with E-state index in [0.717, 1.165) is 30.6 Å². The quantitative estimate of drug-likeness (QED) is 0.397. The van der Waals surface area contributed by atoms with E-state index in [1.165, 1.54) is 23.4 Å². The molecule has 26 heavy (non-hydrogen) atoms. The maximum Gasteiger partial charge on any atom is 0.194 e. The molecule has 4 heterocycles. The first-order valence-corrected chi connectivity index (χ1v) is 10.5. The zero-order chi connectivity index (χ0) is 17.6. The molecule has 146 valence electrons. The highest BCUT2D eigenvalue weighted by Gasteiger charge is 2.53. The number of hydrogen-bond acceptors (Lipinski definition) is 4. The van der Waals surface area contributed by atoms with Gasteiger partial charge in [0.25, 0.3) is 0 Å². The lowest BCUT2D eigenvalue weighted by molar-refractivity contribution is 0.0767. The summed E-state index contributed by atoms with van der Waals surface area (Å²) < 4.78 is 6.10. The second-order valence-corrected chi connectivity index (χ2v) is 9.18. The van der Waals surface area contributed by atoms with E-state index >= 15 is 0 Å². The van der Waals surface area contributed by atoms with Crippen LogP contribution in [-0.4, -0.2) is 47.7 Å². The predicted molar refractivity (Wildman–Crippen MR) is 118 cm³/mol. The Balaban J connectivity index is 0.00000196. The van der Waals surface area contributed by atoms with E-state index in [1.54, 1.807) is 11.3 Å². The molecule has 1 aromatic rings. The normalized spacial score (nSPS) is 30.0. The van der Waals surface area contributed by atoms with Gasteiger partial charge < -0.3 is 15.0 Å². The Morgan fingerprint density at radius 2 is 1.96 bits per heavy atom. The van der Waals surface area contributed by atoms with Crippen LogP contribution in [0.2, 0.25) is 0 Å². The number of thiazole rings is 1. The Morgan fingerprint density at radius 1 is 1.31 bits per heavy atom. The van der Waals surface area contributed by atoms with Gasteiger partial charge in [0.15, 0.2) is 5.96 Å². The average molecular weight is 490 g/mol. The Bertz CT molecular complexity index is 644. The zero-order valence-electron chi connectivity index (χ0n) is 16.2.